The molecule has 0 spiro atoms. The first-order chi connectivity index (χ1) is 7.65. The van der Waals surface area contributed by atoms with Crippen LogP contribution in [0.15, 0.2) is 24.3 Å². The lowest BCUT2D eigenvalue weighted by molar-refractivity contribution is 0.473. The number of nitrogens with two attached hydrogens (primary N) is 1. The highest BCUT2D eigenvalue weighted by molar-refractivity contribution is 5.49. The maximum atomic E-state index is 9.40. The molecule has 0 amide bonds. The van der Waals surface area contributed by atoms with Gasteiger partial charge >= 0.3 is 0 Å². The zero-order chi connectivity index (χ0) is 11.6. The molecule has 1 aromatic carbocycles. The monoisotopic (exact) mass is 220 g/mol. The zero-order valence-corrected chi connectivity index (χ0v) is 9.82. The third-order valence-corrected chi connectivity index (χ3v) is 3.64. The highest BCUT2D eigenvalue weighted by Crippen LogP contribution is 2.47. The second-order valence-electron chi connectivity index (χ2n) is 4.90. The number of phenols is 1. The third-order valence-electron chi connectivity index (χ3n) is 3.64. The van der Waals surface area contributed by atoms with Crippen molar-refractivity contribution in [1.82, 2.24) is 0 Å². The molecule has 88 valence electrons. The summed E-state index contributed by atoms with van der Waals surface area (Å²) in [6.45, 7) is 1.81. The lowest BCUT2D eigenvalue weighted by Crippen LogP contribution is -2.25. The topological polar surface area (TPSA) is 49.5 Å². The Kier molecular flexibility index (Phi) is 3.06. The molecule has 2 rings (SSSR count). The van der Waals surface area contributed by atoms with Gasteiger partial charge in [-0.25, -0.2) is 0 Å². The maximum absolute atomic E-state index is 9.40. The molecule has 3 N–H and O–H groups in total. The normalized spacial score (nSPS) is 17.1. The molecule has 0 heterocycles. The number of hydrogen-bond donors (Lipinski definition) is 2. The average Bonchev–Trinajstić information content (AvgIpc) is 3.07. The van der Waals surface area contributed by atoms with Gasteiger partial charge in [0.1, 0.15) is 5.75 Å². The molecule has 1 aromatic rings. The van der Waals surface area contributed by atoms with Gasteiger partial charge < -0.3 is 15.7 Å². The Bertz CT molecular complexity index is 361. The average molecular weight is 220 g/mol. The fourth-order valence-corrected chi connectivity index (χ4v) is 2.00. The molecule has 3 heteroatoms. The molecule has 0 atom stereocenters. The highest BCUT2D eigenvalue weighted by Gasteiger charge is 2.40. The molecule has 1 saturated carbocycles. The lowest BCUT2D eigenvalue weighted by Gasteiger charge is -2.22. The van der Waals surface area contributed by atoms with Crippen molar-refractivity contribution in [3.63, 3.8) is 0 Å². The van der Waals surface area contributed by atoms with Gasteiger partial charge in [0, 0.05) is 25.3 Å². The van der Waals surface area contributed by atoms with Crippen molar-refractivity contribution in [2.45, 2.75) is 19.3 Å². The number of benzene rings is 1. The van der Waals surface area contributed by atoms with Crippen LogP contribution >= 0.6 is 0 Å². The van der Waals surface area contributed by atoms with Crippen molar-refractivity contribution in [3.05, 3.63) is 24.3 Å². The largest absolute Gasteiger partial charge is 0.508 e. The van der Waals surface area contributed by atoms with Crippen LogP contribution in [0.2, 0.25) is 0 Å². The van der Waals surface area contributed by atoms with Crippen molar-refractivity contribution in [3.8, 4) is 5.75 Å². The second kappa shape index (κ2) is 4.34. The van der Waals surface area contributed by atoms with Crippen LogP contribution in [-0.2, 0) is 0 Å². The predicted octanol–water partition coefficient (Wildman–Crippen LogP) is 1.96. The summed E-state index contributed by atoms with van der Waals surface area (Å²) in [6.07, 6.45) is 3.70. The quantitative estimate of drug-likeness (QED) is 0.797. The molecular formula is C13H20N2O. The van der Waals surface area contributed by atoms with E-state index in [1.54, 1.807) is 12.1 Å². The van der Waals surface area contributed by atoms with Gasteiger partial charge in [0.25, 0.3) is 0 Å². The molecule has 0 aliphatic heterocycles. The summed E-state index contributed by atoms with van der Waals surface area (Å²) < 4.78 is 0. The summed E-state index contributed by atoms with van der Waals surface area (Å²) in [5, 5.41) is 9.40. The van der Waals surface area contributed by atoms with Gasteiger partial charge in [-0.3, -0.25) is 0 Å². The van der Waals surface area contributed by atoms with E-state index < -0.39 is 0 Å². The van der Waals surface area contributed by atoms with Gasteiger partial charge in [-0.2, -0.15) is 0 Å². The predicted molar refractivity (Wildman–Crippen MR) is 66.7 cm³/mol. The van der Waals surface area contributed by atoms with Crippen LogP contribution in [0.5, 0.6) is 5.75 Å². The van der Waals surface area contributed by atoms with Crippen molar-refractivity contribution >= 4 is 5.69 Å². The fourth-order valence-electron chi connectivity index (χ4n) is 2.00. The van der Waals surface area contributed by atoms with E-state index in [0.29, 0.717) is 11.2 Å². The van der Waals surface area contributed by atoms with Crippen molar-refractivity contribution in [1.29, 1.82) is 0 Å². The van der Waals surface area contributed by atoms with E-state index in [-0.39, 0.29) is 0 Å². The van der Waals surface area contributed by atoms with Crippen LogP contribution in [0.25, 0.3) is 0 Å². The van der Waals surface area contributed by atoms with Crippen molar-refractivity contribution in [2.24, 2.45) is 11.1 Å². The van der Waals surface area contributed by atoms with Gasteiger partial charge in [0.15, 0.2) is 0 Å². The molecule has 0 saturated heterocycles. The van der Waals surface area contributed by atoms with Crippen LogP contribution < -0.4 is 10.6 Å². The van der Waals surface area contributed by atoms with E-state index >= 15 is 0 Å². The second-order valence-corrected chi connectivity index (χ2v) is 4.90. The number of hydrogen-bond acceptors (Lipinski definition) is 3. The lowest BCUT2D eigenvalue weighted by atomic mass is 10.0. The molecule has 3 nitrogen and oxygen atoms in total. The molecular weight excluding hydrogens is 200 g/mol. The summed E-state index contributed by atoms with van der Waals surface area (Å²) in [4.78, 5) is 2.18. The SMILES string of the molecule is CN(CCC1(CN)CC1)c1cccc(O)c1. The molecule has 16 heavy (non-hydrogen) atoms. The van der Waals surface area contributed by atoms with E-state index in [2.05, 4.69) is 11.9 Å². The summed E-state index contributed by atoms with van der Waals surface area (Å²) in [5.74, 6) is 0.323. The van der Waals surface area contributed by atoms with Crippen LogP contribution in [0, 0.1) is 5.41 Å². The standard InChI is InChI=1S/C13H20N2O/c1-15(8-7-13(10-14)5-6-13)11-3-2-4-12(16)9-11/h2-4,9,16H,5-8,10,14H2,1H3. The van der Waals surface area contributed by atoms with Gasteiger partial charge in [-0.05, 0) is 43.4 Å². The first-order valence-corrected chi connectivity index (χ1v) is 5.85. The van der Waals surface area contributed by atoms with Crippen LogP contribution in [0.3, 0.4) is 0 Å². The van der Waals surface area contributed by atoms with E-state index in [0.717, 1.165) is 25.2 Å². The summed E-state index contributed by atoms with van der Waals surface area (Å²) in [6, 6.07) is 7.38. The number of aromatic hydroxyl groups is 1. The minimum absolute atomic E-state index is 0.323. The van der Waals surface area contributed by atoms with Crippen molar-refractivity contribution in [2.75, 3.05) is 25.0 Å². The van der Waals surface area contributed by atoms with Crippen LogP contribution in [-0.4, -0.2) is 25.2 Å². The summed E-state index contributed by atoms with van der Waals surface area (Å²) in [7, 11) is 2.06. The first kappa shape index (κ1) is 11.3. The van der Waals surface area contributed by atoms with Gasteiger partial charge in [0.05, 0.1) is 0 Å². The molecule has 1 fully saturated rings. The Morgan fingerprint density at radius 1 is 1.44 bits per heavy atom. The molecule has 0 aromatic heterocycles. The molecule has 1 aliphatic carbocycles. The maximum Gasteiger partial charge on any atom is 0.117 e. The van der Waals surface area contributed by atoms with E-state index in [4.69, 9.17) is 5.73 Å². The molecule has 0 radical (unpaired) electrons. The third kappa shape index (κ3) is 2.47. The van der Waals surface area contributed by atoms with E-state index in [1.165, 1.54) is 12.8 Å². The Balaban J connectivity index is 1.90. The Morgan fingerprint density at radius 2 is 2.19 bits per heavy atom. The number of rotatable bonds is 5. The highest BCUT2D eigenvalue weighted by atomic mass is 16.3. The first-order valence-electron chi connectivity index (χ1n) is 5.85. The van der Waals surface area contributed by atoms with Gasteiger partial charge in [-0.15, -0.1) is 0 Å². The Hall–Kier alpha value is -1.22. The number of phenolic OH excluding ortho intramolecular Hbond substituents is 1. The van der Waals surface area contributed by atoms with E-state index in [9.17, 15) is 5.11 Å². The minimum Gasteiger partial charge on any atom is -0.508 e. The van der Waals surface area contributed by atoms with Gasteiger partial charge in [0.2, 0.25) is 0 Å². The Morgan fingerprint density at radius 3 is 2.75 bits per heavy atom. The summed E-state index contributed by atoms with van der Waals surface area (Å²) in [5.41, 5.74) is 7.24. The van der Waals surface area contributed by atoms with Crippen LogP contribution in [0.4, 0.5) is 5.69 Å². The molecule has 1 aliphatic rings. The summed E-state index contributed by atoms with van der Waals surface area (Å²) >= 11 is 0. The Labute approximate surface area is 96.9 Å². The smallest absolute Gasteiger partial charge is 0.117 e. The van der Waals surface area contributed by atoms with Crippen LogP contribution in [0.1, 0.15) is 19.3 Å². The molecule has 0 unspecified atom stereocenters. The van der Waals surface area contributed by atoms with Crippen molar-refractivity contribution < 1.29 is 5.11 Å². The van der Waals surface area contributed by atoms with Gasteiger partial charge in [-0.1, -0.05) is 6.07 Å². The molecule has 0 bridgehead atoms. The fraction of sp³-hybridized carbons (Fsp3) is 0.538. The minimum atomic E-state index is 0.323. The number of anilines is 1. The number of nitrogens with zero attached hydrogens (tertiary/aromatic N) is 1. The van der Waals surface area contributed by atoms with E-state index in [1.807, 2.05) is 12.1 Å². The zero-order valence-electron chi connectivity index (χ0n) is 9.82.